The summed E-state index contributed by atoms with van der Waals surface area (Å²) in [6.07, 6.45) is 2.44. The van der Waals surface area contributed by atoms with Crippen LogP contribution < -0.4 is 9.64 Å². The first-order valence-electron chi connectivity index (χ1n) is 9.63. The second-order valence-electron chi connectivity index (χ2n) is 6.70. The molecule has 7 heteroatoms. The van der Waals surface area contributed by atoms with Crippen LogP contribution >= 0.6 is 35.6 Å². The predicted molar refractivity (Wildman–Crippen MR) is 134 cm³/mol. The molecule has 0 amide bonds. The molecule has 1 heterocycles. The highest BCUT2D eigenvalue weighted by Crippen LogP contribution is 2.32. The summed E-state index contributed by atoms with van der Waals surface area (Å²) in [6.45, 7) is 4.53. The molecular weight excluding hydrogens is 450 g/mol. The van der Waals surface area contributed by atoms with Crippen LogP contribution in [0.5, 0.6) is 5.75 Å². The van der Waals surface area contributed by atoms with E-state index in [9.17, 15) is 4.79 Å². The zero-order valence-corrected chi connectivity index (χ0v) is 19.8. The molecule has 1 aromatic heterocycles. The first kappa shape index (κ1) is 23.1. The number of halogens is 1. The van der Waals surface area contributed by atoms with Crippen LogP contribution in [0.25, 0.3) is 17.4 Å². The van der Waals surface area contributed by atoms with Gasteiger partial charge in [-0.15, -0.1) is 0 Å². The van der Waals surface area contributed by atoms with Crippen molar-refractivity contribution in [1.29, 1.82) is 0 Å². The smallest absolute Gasteiger partial charge is 0.156 e. The van der Waals surface area contributed by atoms with Crippen LogP contribution in [-0.4, -0.2) is 24.3 Å². The summed E-state index contributed by atoms with van der Waals surface area (Å²) in [5.74, 6) is 1.99. The fourth-order valence-corrected chi connectivity index (χ4v) is 4.22. The maximum atomic E-state index is 11.6. The molecule has 160 valence electrons. The molecule has 0 fully saturated rings. The highest BCUT2D eigenvalue weighted by atomic mass is 35.5. The van der Waals surface area contributed by atoms with Crippen LogP contribution in [0.3, 0.4) is 0 Å². The van der Waals surface area contributed by atoms with Gasteiger partial charge in [0.2, 0.25) is 0 Å². The average molecular weight is 472 g/mol. The monoisotopic (exact) mass is 471 g/mol. The molecule has 0 radical (unpaired) electrons. The van der Waals surface area contributed by atoms with Crippen LogP contribution in [0.15, 0.2) is 63.9 Å². The van der Waals surface area contributed by atoms with Crippen LogP contribution in [0.4, 0.5) is 5.69 Å². The molecule has 0 saturated carbocycles. The summed E-state index contributed by atoms with van der Waals surface area (Å²) >= 11 is 13.1. The van der Waals surface area contributed by atoms with E-state index in [0.29, 0.717) is 32.4 Å². The number of ether oxygens (including phenoxy) is 1. The van der Waals surface area contributed by atoms with E-state index in [0.717, 1.165) is 28.8 Å². The second kappa shape index (κ2) is 10.7. The Bertz CT molecular complexity index is 1110. The number of benzene rings is 2. The number of anilines is 1. The first-order chi connectivity index (χ1) is 14.9. The molecule has 0 atom stereocenters. The second-order valence-corrected chi connectivity index (χ2v) is 8.82. The fourth-order valence-electron chi connectivity index (χ4n) is 2.83. The lowest BCUT2D eigenvalue weighted by Crippen LogP contribution is -2.21. The van der Waals surface area contributed by atoms with Gasteiger partial charge in [0.05, 0.1) is 16.5 Å². The highest BCUT2D eigenvalue weighted by Gasteiger charge is 2.13. The van der Waals surface area contributed by atoms with Gasteiger partial charge in [-0.3, -0.25) is 4.79 Å². The summed E-state index contributed by atoms with van der Waals surface area (Å²) in [5, 5.41) is 0.619. The molecule has 2 aromatic carbocycles. The number of carbonyl (C=O) groups is 1. The van der Waals surface area contributed by atoms with Crippen LogP contribution in [-0.2, 0) is 4.79 Å². The zero-order chi connectivity index (χ0) is 22.4. The van der Waals surface area contributed by atoms with E-state index in [1.165, 1.54) is 11.8 Å². The number of allylic oxidation sites excluding steroid dienone is 1. The minimum atomic E-state index is 0.443. The van der Waals surface area contributed by atoms with Gasteiger partial charge in [-0.2, -0.15) is 0 Å². The number of furan rings is 1. The molecular formula is C24H22ClNO3S2. The normalized spacial score (nSPS) is 11.3. The molecule has 3 rings (SSSR count). The van der Waals surface area contributed by atoms with E-state index in [4.69, 9.17) is 33.0 Å². The maximum Gasteiger partial charge on any atom is 0.156 e. The number of thiocarbonyl (C=S) groups is 1. The van der Waals surface area contributed by atoms with Crippen LogP contribution in [0, 0.1) is 6.92 Å². The van der Waals surface area contributed by atoms with E-state index < -0.39 is 0 Å². The molecule has 0 unspecified atom stereocenters. The number of thioether (sulfide) groups is 1. The van der Waals surface area contributed by atoms with E-state index in [2.05, 4.69) is 0 Å². The van der Waals surface area contributed by atoms with Gasteiger partial charge in [0.25, 0.3) is 0 Å². The molecule has 3 aromatic rings. The zero-order valence-electron chi connectivity index (χ0n) is 17.4. The van der Waals surface area contributed by atoms with Crippen molar-refractivity contribution in [2.75, 3.05) is 18.6 Å². The highest BCUT2D eigenvalue weighted by molar-refractivity contribution is 8.26. The Kier molecular flexibility index (Phi) is 7.96. The summed E-state index contributed by atoms with van der Waals surface area (Å²) in [6, 6.07) is 17.0. The fraction of sp³-hybridized carbons (Fsp3) is 0.167. The molecule has 4 nitrogen and oxygen atoms in total. The molecule has 0 aliphatic carbocycles. The SMILES string of the molecule is CCOc1ccc(N(C)C(=S)S/C(C=O)=C/c2ccc(-c3ccc(C)cc3Cl)o2)cc1. The minimum Gasteiger partial charge on any atom is -0.494 e. The molecule has 0 bridgehead atoms. The molecule has 0 saturated heterocycles. The van der Waals surface area contributed by atoms with Crippen molar-refractivity contribution in [3.05, 3.63) is 75.8 Å². The van der Waals surface area contributed by atoms with Gasteiger partial charge < -0.3 is 14.1 Å². The Morgan fingerprint density at radius 2 is 1.94 bits per heavy atom. The summed E-state index contributed by atoms with van der Waals surface area (Å²) in [5.41, 5.74) is 2.78. The lowest BCUT2D eigenvalue weighted by Gasteiger charge is -2.19. The van der Waals surface area contributed by atoms with Gasteiger partial charge in [0, 0.05) is 18.3 Å². The number of hydrogen-bond acceptors (Lipinski definition) is 5. The maximum absolute atomic E-state index is 11.6. The lowest BCUT2D eigenvalue weighted by atomic mass is 10.1. The predicted octanol–water partition coefficient (Wildman–Crippen LogP) is 7.00. The Balaban J connectivity index is 1.72. The lowest BCUT2D eigenvalue weighted by molar-refractivity contribution is -0.104. The number of aryl methyl sites for hydroxylation is 1. The van der Waals surface area contributed by atoms with Crippen molar-refractivity contribution in [3.63, 3.8) is 0 Å². The number of hydrogen-bond donors (Lipinski definition) is 0. The standard InChI is InChI=1S/C24H22ClNO3S2/c1-4-28-18-8-6-17(7-9-18)26(3)24(30)31-20(15-27)14-19-10-12-23(29-19)21-11-5-16(2)13-22(21)25/h5-15H,4H2,1-3H3/b20-14+. The number of rotatable bonds is 7. The summed E-state index contributed by atoms with van der Waals surface area (Å²) < 4.78 is 11.9. The van der Waals surface area contributed by atoms with Gasteiger partial charge in [-0.05, 0) is 74.0 Å². The molecule has 0 aliphatic rings. The van der Waals surface area contributed by atoms with E-state index in [-0.39, 0.29) is 0 Å². The molecule has 0 aliphatic heterocycles. The largest absolute Gasteiger partial charge is 0.494 e. The third-order valence-electron chi connectivity index (χ3n) is 4.43. The quantitative estimate of drug-likeness (QED) is 0.210. The van der Waals surface area contributed by atoms with Gasteiger partial charge in [-0.1, -0.05) is 41.6 Å². The van der Waals surface area contributed by atoms with Crippen molar-refractivity contribution < 1.29 is 13.9 Å². The van der Waals surface area contributed by atoms with E-state index in [1.807, 2.05) is 74.3 Å². The van der Waals surface area contributed by atoms with Crippen LogP contribution in [0.1, 0.15) is 18.2 Å². The van der Waals surface area contributed by atoms with Gasteiger partial charge in [0.15, 0.2) is 6.29 Å². The Morgan fingerprint density at radius 3 is 2.58 bits per heavy atom. The van der Waals surface area contributed by atoms with Gasteiger partial charge in [0.1, 0.15) is 21.6 Å². The number of carbonyl (C=O) groups excluding carboxylic acids is 1. The third-order valence-corrected chi connectivity index (χ3v) is 6.17. The van der Waals surface area contributed by atoms with E-state index >= 15 is 0 Å². The molecule has 0 spiro atoms. The Morgan fingerprint density at radius 1 is 1.19 bits per heavy atom. The van der Waals surface area contributed by atoms with Crippen molar-refractivity contribution in [2.45, 2.75) is 13.8 Å². The van der Waals surface area contributed by atoms with Crippen molar-refractivity contribution >= 4 is 58.0 Å². The third kappa shape index (κ3) is 6.00. The summed E-state index contributed by atoms with van der Waals surface area (Å²) in [4.78, 5) is 13.9. The minimum absolute atomic E-state index is 0.443. The molecule has 31 heavy (non-hydrogen) atoms. The number of nitrogens with zero attached hydrogens (tertiary/aromatic N) is 1. The van der Waals surface area contributed by atoms with Crippen molar-refractivity contribution in [1.82, 2.24) is 0 Å². The van der Waals surface area contributed by atoms with Crippen molar-refractivity contribution in [3.8, 4) is 17.1 Å². The Hall–Kier alpha value is -2.54. The average Bonchev–Trinajstić information content (AvgIpc) is 3.21. The Labute approximate surface area is 196 Å². The van der Waals surface area contributed by atoms with Gasteiger partial charge in [-0.25, -0.2) is 0 Å². The van der Waals surface area contributed by atoms with E-state index in [1.54, 1.807) is 12.1 Å². The summed E-state index contributed by atoms with van der Waals surface area (Å²) in [7, 11) is 1.86. The number of aldehydes is 1. The molecule has 0 N–H and O–H groups in total. The van der Waals surface area contributed by atoms with Crippen LogP contribution in [0.2, 0.25) is 5.02 Å². The topological polar surface area (TPSA) is 42.7 Å². The first-order valence-corrected chi connectivity index (χ1v) is 11.2. The van der Waals surface area contributed by atoms with Crippen molar-refractivity contribution in [2.24, 2.45) is 0 Å². The van der Waals surface area contributed by atoms with Gasteiger partial charge >= 0.3 is 0 Å².